The summed E-state index contributed by atoms with van der Waals surface area (Å²) in [5, 5.41) is 12.0. The summed E-state index contributed by atoms with van der Waals surface area (Å²) >= 11 is 0. The number of imide groups is 1. The zero-order valence-electron chi connectivity index (χ0n) is 19.3. The number of hydrogen-bond acceptors (Lipinski definition) is 7. The number of piperidine rings is 1. The molecule has 2 aromatic carbocycles. The van der Waals surface area contributed by atoms with Crippen LogP contribution in [0.25, 0.3) is 0 Å². The Morgan fingerprint density at radius 3 is 2.51 bits per heavy atom. The minimum Gasteiger partial charge on any atom is -0.487 e. The van der Waals surface area contributed by atoms with Crippen molar-refractivity contribution in [2.24, 2.45) is 0 Å². The maximum Gasteiger partial charge on any atom is 0.255 e. The van der Waals surface area contributed by atoms with E-state index in [0.717, 1.165) is 38.4 Å². The lowest BCUT2D eigenvalue weighted by molar-refractivity contribution is -0.136. The predicted octanol–water partition coefficient (Wildman–Crippen LogP) is 1.73. The number of amides is 3. The van der Waals surface area contributed by atoms with E-state index in [1.54, 1.807) is 12.1 Å². The quantitative estimate of drug-likeness (QED) is 0.635. The third-order valence-corrected chi connectivity index (χ3v) is 6.70. The Hall–Kier alpha value is -3.74. The molecule has 180 valence electrons. The fourth-order valence-corrected chi connectivity index (χ4v) is 4.78. The van der Waals surface area contributed by atoms with E-state index in [1.165, 1.54) is 10.5 Å². The number of carbonyl (C=O) groups is 3. The van der Waals surface area contributed by atoms with Gasteiger partial charge in [-0.05, 0) is 29.7 Å². The van der Waals surface area contributed by atoms with Crippen LogP contribution in [0.15, 0.2) is 36.4 Å². The van der Waals surface area contributed by atoms with Gasteiger partial charge in [-0.15, -0.1) is 0 Å². The Kier molecular flexibility index (Phi) is 6.49. The zero-order valence-corrected chi connectivity index (χ0v) is 19.3. The highest BCUT2D eigenvalue weighted by molar-refractivity contribution is 6.05. The maximum atomic E-state index is 13.1. The van der Waals surface area contributed by atoms with Crippen LogP contribution >= 0.6 is 0 Å². The Labute approximate surface area is 203 Å². The number of carbonyl (C=O) groups excluding carboxylic acids is 3. The number of rotatable bonds is 6. The Morgan fingerprint density at radius 2 is 1.80 bits per heavy atom. The first kappa shape index (κ1) is 23.0. The molecule has 0 aromatic heterocycles. The van der Waals surface area contributed by atoms with Gasteiger partial charge in [-0.1, -0.05) is 24.3 Å². The maximum absolute atomic E-state index is 13.1. The lowest BCUT2D eigenvalue weighted by atomic mass is 10.0. The molecule has 0 saturated carbocycles. The second-order valence-electron chi connectivity index (χ2n) is 8.97. The summed E-state index contributed by atoms with van der Waals surface area (Å²) in [4.78, 5) is 40.7. The lowest BCUT2D eigenvalue weighted by Crippen LogP contribution is -2.52. The standard InChI is InChI=1S/C26H26N4O5/c27-13-19-5-6-20-21(15-30(26(20)33)22-7-8-23(31)28-25(22)32)24(19)35-16-18-3-1-17(2-4-18)14-29-9-11-34-12-10-29/h1-6,22H,7-12,14-16H2,(H,28,31,32). The van der Waals surface area contributed by atoms with Crippen molar-refractivity contribution in [1.29, 1.82) is 5.26 Å². The number of nitriles is 1. The summed E-state index contributed by atoms with van der Waals surface area (Å²) in [7, 11) is 0. The Morgan fingerprint density at radius 1 is 1.06 bits per heavy atom. The molecule has 0 aliphatic carbocycles. The molecule has 1 N–H and O–H groups in total. The molecule has 1 unspecified atom stereocenters. The van der Waals surface area contributed by atoms with Crippen LogP contribution < -0.4 is 10.1 Å². The summed E-state index contributed by atoms with van der Waals surface area (Å²) in [6, 6.07) is 12.8. The summed E-state index contributed by atoms with van der Waals surface area (Å²) in [6.07, 6.45) is 0.466. The van der Waals surface area contributed by atoms with Crippen LogP contribution in [-0.2, 0) is 34.0 Å². The third kappa shape index (κ3) is 4.76. The van der Waals surface area contributed by atoms with Gasteiger partial charge in [0.2, 0.25) is 11.8 Å². The van der Waals surface area contributed by atoms with Gasteiger partial charge in [0, 0.05) is 37.2 Å². The molecule has 0 radical (unpaired) electrons. The highest BCUT2D eigenvalue weighted by Gasteiger charge is 2.40. The van der Waals surface area contributed by atoms with Crippen molar-refractivity contribution < 1.29 is 23.9 Å². The van der Waals surface area contributed by atoms with Crippen molar-refractivity contribution in [3.63, 3.8) is 0 Å². The number of nitrogens with one attached hydrogen (secondary N) is 1. The molecule has 1 atom stereocenters. The minimum absolute atomic E-state index is 0.157. The summed E-state index contributed by atoms with van der Waals surface area (Å²) in [5.74, 6) is -0.730. The molecule has 9 heteroatoms. The van der Waals surface area contributed by atoms with Crippen molar-refractivity contribution in [2.45, 2.75) is 38.6 Å². The van der Waals surface area contributed by atoms with Crippen LogP contribution in [0.5, 0.6) is 5.75 Å². The van der Waals surface area contributed by atoms with Crippen molar-refractivity contribution in [2.75, 3.05) is 26.3 Å². The van der Waals surface area contributed by atoms with E-state index in [1.807, 2.05) is 12.1 Å². The van der Waals surface area contributed by atoms with Crippen LogP contribution in [-0.4, -0.2) is 59.9 Å². The van der Waals surface area contributed by atoms with E-state index in [2.05, 4.69) is 28.4 Å². The van der Waals surface area contributed by atoms with Crippen LogP contribution in [0.1, 0.15) is 45.5 Å². The molecule has 3 amide bonds. The number of nitrogens with zero attached hydrogens (tertiary/aromatic N) is 3. The monoisotopic (exact) mass is 474 g/mol. The van der Waals surface area contributed by atoms with Gasteiger partial charge in [-0.25, -0.2) is 0 Å². The molecule has 35 heavy (non-hydrogen) atoms. The number of ether oxygens (including phenoxy) is 2. The van der Waals surface area contributed by atoms with Crippen molar-refractivity contribution >= 4 is 17.7 Å². The molecular formula is C26H26N4O5. The van der Waals surface area contributed by atoms with Crippen LogP contribution in [0.3, 0.4) is 0 Å². The molecule has 3 heterocycles. The zero-order chi connectivity index (χ0) is 24.4. The fraction of sp³-hybridized carbons (Fsp3) is 0.385. The molecule has 3 aliphatic heterocycles. The normalized spacial score (nSPS) is 20.4. The van der Waals surface area contributed by atoms with E-state index in [-0.39, 0.29) is 37.8 Å². The van der Waals surface area contributed by atoms with E-state index >= 15 is 0 Å². The van der Waals surface area contributed by atoms with E-state index in [0.29, 0.717) is 22.4 Å². The number of morpholine rings is 1. The molecule has 2 saturated heterocycles. The predicted molar refractivity (Wildman–Crippen MR) is 124 cm³/mol. The SMILES string of the molecule is N#Cc1ccc2c(c1OCc1ccc(CN3CCOCC3)cc1)CN(C1CCC(=O)NC1=O)C2=O. The summed E-state index contributed by atoms with van der Waals surface area (Å²) in [5.41, 5.74) is 3.51. The molecule has 9 nitrogen and oxygen atoms in total. The first-order valence-corrected chi connectivity index (χ1v) is 11.7. The molecule has 2 fully saturated rings. The van der Waals surface area contributed by atoms with Gasteiger partial charge in [0.25, 0.3) is 5.91 Å². The molecule has 0 spiro atoms. The minimum atomic E-state index is -0.718. The van der Waals surface area contributed by atoms with Gasteiger partial charge in [-0.2, -0.15) is 5.26 Å². The smallest absolute Gasteiger partial charge is 0.255 e. The van der Waals surface area contributed by atoms with E-state index < -0.39 is 11.9 Å². The number of benzene rings is 2. The molecule has 3 aliphatic rings. The van der Waals surface area contributed by atoms with Crippen LogP contribution in [0, 0.1) is 11.3 Å². The summed E-state index contributed by atoms with van der Waals surface area (Å²) < 4.78 is 11.5. The second kappa shape index (κ2) is 9.86. The van der Waals surface area contributed by atoms with Gasteiger partial charge in [0.05, 0.1) is 25.3 Å². The second-order valence-corrected chi connectivity index (χ2v) is 8.97. The number of fused-ring (bicyclic) bond motifs is 1. The largest absolute Gasteiger partial charge is 0.487 e. The van der Waals surface area contributed by atoms with Gasteiger partial charge in [-0.3, -0.25) is 24.6 Å². The highest BCUT2D eigenvalue weighted by Crippen LogP contribution is 2.36. The summed E-state index contributed by atoms with van der Waals surface area (Å²) in [6.45, 7) is 4.65. The van der Waals surface area contributed by atoms with Crippen molar-refractivity contribution in [3.05, 3.63) is 64.2 Å². The molecule has 0 bridgehead atoms. The Balaban J connectivity index is 1.30. The van der Waals surface area contributed by atoms with Crippen LogP contribution in [0.4, 0.5) is 0 Å². The average Bonchev–Trinajstić information content (AvgIpc) is 3.20. The average molecular weight is 475 g/mol. The molecular weight excluding hydrogens is 448 g/mol. The van der Waals surface area contributed by atoms with Gasteiger partial charge < -0.3 is 14.4 Å². The first-order valence-electron chi connectivity index (χ1n) is 11.7. The van der Waals surface area contributed by atoms with Crippen molar-refractivity contribution in [1.82, 2.24) is 15.1 Å². The van der Waals surface area contributed by atoms with Gasteiger partial charge >= 0.3 is 0 Å². The molecule has 2 aromatic rings. The van der Waals surface area contributed by atoms with Gasteiger partial charge in [0.1, 0.15) is 24.5 Å². The topological polar surface area (TPSA) is 112 Å². The van der Waals surface area contributed by atoms with Gasteiger partial charge in [0.15, 0.2) is 0 Å². The van der Waals surface area contributed by atoms with E-state index in [9.17, 15) is 19.6 Å². The van der Waals surface area contributed by atoms with E-state index in [4.69, 9.17) is 9.47 Å². The number of hydrogen-bond donors (Lipinski definition) is 1. The highest BCUT2D eigenvalue weighted by atomic mass is 16.5. The third-order valence-electron chi connectivity index (χ3n) is 6.70. The molecule has 5 rings (SSSR count). The van der Waals surface area contributed by atoms with Crippen molar-refractivity contribution in [3.8, 4) is 11.8 Å². The lowest BCUT2D eigenvalue weighted by Gasteiger charge is -2.29. The fourth-order valence-electron chi connectivity index (χ4n) is 4.78. The van der Waals surface area contributed by atoms with Crippen LogP contribution in [0.2, 0.25) is 0 Å². The first-order chi connectivity index (χ1) is 17.0. The Bertz CT molecular complexity index is 1200.